The van der Waals surface area contributed by atoms with Gasteiger partial charge in [-0.1, -0.05) is 29.8 Å². The smallest absolute Gasteiger partial charge is 0.191 e. The van der Waals surface area contributed by atoms with Crippen molar-refractivity contribution >= 4 is 5.96 Å². The van der Waals surface area contributed by atoms with Crippen LogP contribution < -0.4 is 10.6 Å². The number of hydrogen-bond acceptors (Lipinski definition) is 4. The standard InChI is InChI=1S/C21H37N5O/c1-17-7-9-18(10-8-17)19(25(5)6)15-23-20(22-4)24-16-21(2,3)26-11-13-27-14-12-26/h7-10,19H,11-16H2,1-6H3,(H2,22,23,24). The number of morpholine rings is 1. The average molecular weight is 376 g/mol. The van der Waals surface area contributed by atoms with Gasteiger partial charge in [0.05, 0.1) is 19.3 Å². The molecule has 1 heterocycles. The topological polar surface area (TPSA) is 52.1 Å². The SMILES string of the molecule is CN=C(NCC(c1ccc(C)cc1)N(C)C)NCC(C)(C)N1CCOCC1. The first-order chi connectivity index (χ1) is 12.8. The molecule has 1 aromatic carbocycles. The van der Waals surface area contributed by atoms with Gasteiger partial charge >= 0.3 is 0 Å². The Labute approximate surface area is 165 Å². The molecule has 0 aliphatic carbocycles. The molecular weight excluding hydrogens is 338 g/mol. The number of rotatable bonds is 7. The van der Waals surface area contributed by atoms with Gasteiger partial charge in [-0.2, -0.15) is 0 Å². The predicted molar refractivity (Wildman–Crippen MR) is 113 cm³/mol. The van der Waals surface area contributed by atoms with Gasteiger partial charge in [0.2, 0.25) is 0 Å². The van der Waals surface area contributed by atoms with Gasteiger partial charge in [-0.25, -0.2) is 0 Å². The molecule has 0 saturated carbocycles. The Balaban J connectivity index is 1.90. The molecule has 2 rings (SSSR count). The van der Waals surface area contributed by atoms with Crippen LogP contribution in [0.3, 0.4) is 0 Å². The molecule has 6 nitrogen and oxygen atoms in total. The van der Waals surface area contributed by atoms with Crippen molar-refractivity contribution in [3.05, 3.63) is 35.4 Å². The second-order valence-corrected chi connectivity index (χ2v) is 8.11. The molecule has 1 saturated heterocycles. The molecule has 0 amide bonds. The first kappa shape index (κ1) is 21.7. The predicted octanol–water partition coefficient (Wildman–Crippen LogP) is 1.87. The molecular formula is C21H37N5O. The van der Waals surface area contributed by atoms with E-state index < -0.39 is 0 Å². The van der Waals surface area contributed by atoms with Crippen molar-refractivity contribution in [1.82, 2.24) is 20.4 Å². The summed E-state index contributed by atoms with van der Waals surface area (Å²) >= 11 is 0. The zero-order chi connectivity index (χ0) is 19.9. The first-order valence-corrected chi connectivity index (χ1v) is 9.84. The normalized spacial score (nSPS) is 17.8. The van der Waals surface area contributed by atoms with Crippen LogP contribution in [-0.2, 0) is 4.74 Å². The summed E-state index contributed by atoms with van der Waals surface area (Å²) in [6, 6.07) is 9.04. The number of hydrogen-bond donors (Lipinski definition) is 2. The van der Waals surface area contributed by atoms with Crippen molar-refractivity contribution in [1.29, 1.82) is 0 Å². The second kappa shape index (κ2) is 10.1. The number of likely N-dealkylation sites (N-methyl/N-ethyl adjacent to an activating group) is 1. The van der Waals surface area contributed by atoms with Gasteiger partial charge in [0.25, 0.3) is 0 Å². The molecule has 0 radical (unpaired) electrons. The number of guanidine groups is 1. The van der Waals surface area contributed by atoms with Crippen LogP contribution in [0, 0.1) is 6.92 Å². The summed E-state index contributed by atoms with van der Waals surface area (Å²) in [4.78, 5) is 9.12. The van der Waals surface area contributed by atoms with E-state index in [1.807, 2.05) is 7.05 Å². The summed E-state index contributed by atoms with van der Waals surface area (Å²) in [5.41, 5.74) is 2.65. The van der Waals surface area contributed by atoms with Gasteiger partial charge in [0.1, 0.15) is 0 Å². The molecule has 1 unspecified atom stereocenters. The summed E-state index contributed by atoms with van der Waals surface area (Å²) in [5, 5.41) is 6.99. The van der Waals surface area contributed by atoms with Crippen LogP contribution >= 0.6 is 0 Å². The van der Waals surface area contributed by atoms with Crippen LogP contribution in [0.1, 0.15) is 31.0 Å². The van der Waals surface area contributed by atoms with E-state index in [4.69, 9.17) is 4.74 Å². The maximum Gasteiger partial charge on any atom is 0.191 e. The molecule has 152 valence electrons. The Morgan fingerprint density at radius 1 is 1.19 bits per heavy atom. The van der Waals surface area contributed by atoms with Crippen molar-refractivity contribution in [3.8, 4) is 0 Å². The average Bonchev–Trinajstić information content (AvgIpc) is 2.66. The van der Waals surface area contributed by atoms with Crippen molar-refractivity contribution in [2.75, 3.05) is 60.5 Å². The van der Waals surface area contributed by atoms with Crippen LogP contribution in [0.2, 0.25) is 0 Å². The lowest BCUT2D eigenvalue weighted by Gasteiger charge is -2.41. The maximum atomic E-state index is 5.48. The van der Waals surface area contributed by atoms with Crippen LogP contribution in [0.25, 0.3) is 0 Å². The molecule has 1 aliphatic heterocycles. The highest BCUT2D eigenvalue weighted by atomic mass is 16.5. The van der Waals surface area contributed by atoms with Gasteiger partial charge in [0, 0.05) is 38.8 Å². The molecule has 1 aromatic rings. The van der Waals surface area contributed by atoms with Crippen LogP contribution in [0.5, 0.6) is 0 Å². The number of nitrogens with one attached hydrogen (secondary N) is 2. The summed E-state index contributed by atoms with van der Waals surface area (Å²) in [5.74, 6) is 0.843. The van der Waals surface area contributed by atoms with Crippen molar-refractivity contribution in [2.45, 2.75) is 32.4 Å². The van der Waals surface area contributed by atoms with Gasteiger partial charge in [-0.3, -0.25) is 9.89 Å². The maximum absolute atomic E-state index is 5.48. The van der Waals surface area contributed by atoms with E-state index in [-0.39, 0.29) is 11.6 Å². The van der Waals surface area contributed by atoms with E-state index >= 15 is 0 Å². The Morgan fingerprint density at radius 2 is 1.81 bits per heavy atom. The van der Waals surface area contributed by atoms with Crippen molar-refractivity contribution in [3.63, 3.8) is 0 Å². The van der Waals surface area contributed by atoms with Crippen LogP contribution in [-0.4, -0.2) is 81.8 Å². The van der Waals surface area contributed by atoms with Crippen molar-refractivity contribution in [2.24, 2.45) is 4.99 Å². The fourth-order valence-corrected chi connectivity index (χ4v) is 3.38. The van der Waals surface area contributed by atoms with E-state index in [0.717, 1.165) is 45.4 Å². The quantitative estimate of drug-likeness (QED) is 0.563. The highest BCUT2D eigenvalue weighted by Gasteiger charge is 2.28. The zero-order valence-corrected chi connectivity index (χ0v) is 17.9. The summed E-state index contributed by atoms with van der Waals surface area (Å²) in [7, 11) is 6.06. The van der Waals surface area contributed by atoms with E-state index in [0.29, 0.717) is 0 Å². The first-order valence-electron chi connectivity index (χ1n) is 9.84. The fraction of sp³-hybridized carbons (Fsp3) is 0.667. The number of ether oxygens (including phenoxy) is 1. The fourth-order valence-electron chi connectivity index (χ4n) is 3.38. The second-order valence-electron chi connectivity index (χ2n) is 8.11. The Kier molecular flexibility index (Phi) is 8.07. The number of aliphatic imine (C=N–C) groups is 1. The molecule has 1 aliphatic rings. The third-order valence-electron chi connectivity index (χ3n) is 5.33. The molecule has 1 atom stereocenters. The summed E-state index contributed by atoms with van der Waals surface area (Å²) in [6.07, 6.45) is 0. The lowest BCUT2D eigenvalue weighted by molar-refractivity contribution is -0.00834. The van der Waals surface area contributed by atoms with E-state index in [9.17, 15) is 0 Å². The van der Waals surface area contributed by atoms with Crippen LogP contribution in [0.4, 0.5) is 0 Å². The van der Waals surface area contributed by atoms with E-state index in [2.05, 4.69) is 84.6 Å². The summed E-state index contributed by atoms with van der Waals surface area (Å²) < 4.78 is 5.48. The largest absolute Gasteiger partial charge is 0.379 e. The molecule has 1 fully saturated rings. The van der Waals surface area contributed by atoms with Gasteiger partial charge in [-0.15, -0.1) is 0 Å². The number of aryl methyl sites for hydroxylation is 1. The third-order valence-corrected chi connectivity index (χ3v) is 5.33. The van der Waals surface area contributed by atoms with Crippen molar-refractivity contribution < 1.29 is 4.74 Å². The minimum Gasteiger partial charge on any atom is -0.379 e. The number of nitrogens with zero attached hydrogens (tertiary/aromatic N) is 3. The zero-order valence-electron chi connectivity index (χ0n) is 17.9. The van der Waals surface area contributed by atoms with E-state index in [1.54, 1.807) is 0 Å². The highest BCUT2D eigenvalue weighted by Crippen LogP contribution is 2.18. The minimum atomic E-state index is 0.0549. The monoisotopic (exact) mass is 375 g/mol. The lowest BCUT2D eigenvalue weighted by Crippen LogP contribution is -2.56. The molecule has 6 heteroatoms. The Bertz CT molecular complexity index is 591. The van der Waals surface area contributed by atoms with Crippen LogP contribution in [0.15, 0.2) is 29.3 Å². The number of benzene rings is 1. The minimum absolute atomic E-state index is 0.0549. The van der Waals surface area contributed by atoms with Gasteiger partial charge in [0.15, 0.2) is 5.96 Å². The lowest BCUT2D eigenvalue weighted by atomic mass is 10.0. The van der Waals surface area contributed by atoms with Gasteiger partial charge in [-0.05, 0) is 40.4 Å². The molecule has 0 bridgehead atoms. The highest BCUT2D eigenvalue weighted by molar-refractivity contribution is 5.79. The molecule has 2 N–H and O–H groups in total. The third kappa shape index (κ3) is 6.48. The summed E-state index contributed by atoms with van der Waals surface area (Å²) in [6.45, 7) is 11.9. The molecule has 0 spiro atoms. The molecule has 0 aromatic heterocycles. The van der Waals surface area contributed by atoms with Gasteiger partial charge < -0.3 is 20.3 Å². The Hall–Kier alpha value is -1.63. The molecule has 27 heavy (non-hydrogen) atoms. The van der Waals surface area contributed by atoms with E-state index in [1.165, 1.54) is 11.1 Å². The Morgan fingerprint density at radius 3 is 2.37 bits per heavy atom.